The summed E-state index contributed by atoms with van der Waals surface area (Å²) in [4.78, 5) is 12.0. The summed E-state index contributed by atoms with van der Waals surface area (Å²) in [7, 11) is 0. The molecule has 0 aromatic heterocycles. The molecule has 0 amide bonds. The van der Waals surface area contributed by atoms with Gasteiger partial charge in [0, 0.05) is 0 Å². The molecule has 1 saturated carbocycles. The van der Waals surface area contributed by atoms with Gasteiger partial charge in [-0.3, -0.25) is 4.79 Å². The van der Waals surface area contributed by atoms with Crippen LogP contribution in [0.15, 0.2) is 42.2 Å². The lowest BCUT2D eigenvalue weighted by molar-refractivity contribution is -0.147. The van der Waals surface area contributed by atoms with Crippen LogP contribution in [0.1, 0.15) is 19.4 Å². The van der Waals surface area contributed by atoms with Gasteiger partial charge in [0.25, 0.3) is 0 Å². The third-order valence-electron chi connectivity index (χ3n) is 3.99. The van der Waals surface area contributed by atoms with Crippen LogP contribution >= 0.6 is 0 Å². The first kappa shape index (κ1) is 16.5. The van der Waals surface area contributed by atoms with Crippen LogP contribution in [0.2, 0.25) is 0 Å². The van der Waals surface area contributed by atoms with Gasteiger partial charge in [-0.1, -0.05) is 44.2 Å². The van der Waals surface area contributed by atoms with Crippen LogP contribution in [0.3, 0.4) is 0 Å². The molecule has 0 saturated heterocycles. The number of ether oxygens (including phenoxy) is 1. The quantitative estimate of drug-likeness (QED) is 0.607. The maximum Gasteiger partial charge on any atom is 0.442 e. The van der Waals surface area contributed by atoms with Crippen molar-refractivity contribution < 1.29 is 27.1 Å². The number of esters is 1. The number of carbonyl (C=O) groups excluding carboxylic acids is 1. The van der Waals surface area contributed by atoms with Crippen molar-refractivity contribution in [2.75, 3.05) is 0 Å². The van der Waals surface area contributed by atoms with Crippen molar-refractivity contribution in [3.63, 3.8) is 0 Å². The molecule has 0 unspecified atom stereocenters. The number of halogens is 4. The van der Waals surface area contributed by atoms with Crippen molar-refractivity contribution in [3.8, 4) is 0 Å². The van der Waals surface area contributed by atoms with Crippen molar-refractivity contribution in [1.29, 1.82) is 0 Å². The summed E-state index contributed by atoms with van der Waals surface area (Å²) >= 11 is 0. The van der Waals surface area contributed by atoms with E-state index >= 15 is 0 Å². The van der Waals surface area contributed by atoms with Gasteiger partial charge in [0.1, 0.15) is 6.61 Å². The van der Waals surface area contributed by atoms with Crippen molar-refractivity contribution >= 4 is 5.97 Å². The molecule has 120 valence electrons. The Hall–Kier alpha value is -1.85. The van der Waals surface area contributed by atoms with E-state index in [1.165, 1.54) is 0 Å². The second kappa shape index (κ2) is 5.74. The van der Waals surface area contributed by atoms with E-state index in [2.05, 4.69) is 0 Å². The van der Waals surface area contributed by atoms with Gasteiger partial charge in [0.05, 0.1) is 5.92 Å². The average Bonchev–Trinajstić information content (AvgIpc) is 2.97. The van der Waals surface area contributed by atoms with Crippen LogP contribution in [0.25, 0.3) is 0 Å². The Balaban J connectivity index is 1.99. The standard InChI is InChI=1S/C16H16F4O2/c1-15(2)11(8-12(17)16(18,19)20)13(15)14(21)22-9-10-6-4-3-5-7-10/h3-8,11,13H,9H2,1-2H3/t11-,13-/m1/s1. The Morgan fingerprint density at radius 3 is 2.41 bits per heavy atom. The van der Waals surface area contributed by atoms with E-state index in [1.807, 2.05) is 6.07 Å². The fraction of sp³-hybridized carbons (Fsp3) is 0.438. The van der Waals surface area contributed by atoms with Crippen LogP contribution in [-0.2, 0) is 16.1 Å². The maximum atomic E-state index is 13.0. The zero-order chi connectivity index (χ0) is 16.5. The van der Waals surface area contributed by atoms with E-state index in [9.17, 15) is 22.4 Å². The van der Waals surface area contributed by atoms with Gasteiger partial charge >= 0.3 is 12.1 Å². The number of allylic oxidation sites excluding steroid dienone is 2. The molecule has 0 heterocycles. The smallest absolute Gasteiger partial charge is 0.442 e. The monoisotopic (exact) mass is 316 g/mol. The van der Waals surface area contributed by atoms with Crippen LogP contribution in [-0.4, -0.2) is 12.1 Å². The molecule has 2 rings (SSSR count). The lowest BCUT2D eigenvalue weighted by Gasteiger charge is -2.05. The minimum absolute atomic E-state index is 0.0461. The van der Waals surface area contributed by atoms with Gasteiger partial charge in [-0.2, -0.15) is 13.2 Å². The predicted octanol–water partition coefficient (Wildman–Crippen LogP) is 4.42. The van der Waals surface area contributed by atoms with Crippen molar-refractivity contribution in [1.82, 2.24) is 0 Å². The number of carbonyl (C=O) groups is 1. The van der Waals surface area contributed by atoms with Gasteiger partial charge in [-0.25, -0.2) is 4.39 Å². The first-order chi connectivity index (χ1) is 10.1. The predicted molar refractivity (Wildman–Crippen MR) is 72.2 cm³/mol. The molecular weight excluding hydrogens is 300 g/mol. The molecule has 1 aromatic rings. The molecule has 0 bridgehead atoms. The van der Waals surface area contributed by atoms with E-state index < -0.39 is 35.2 Å². The second-order valence-electron chi connectivity index (χ2n) is 5.93. The lowest BCUT2D eigenvalue weighted by atomic mass is 10.1. The van der Waals surface area contributed by atoms with Crippen molar-refractivity contribution in [2.45, 2.75) is 26.6 Å². The SMILES string of the molecule is CC1(C)[C@H](C=C(F)C(F)(F)F)[C@@H]1C(=O)OCc1ccccc1. The van der Waals surface area contributed by atoms with Gasteiger partial charge in [0.2, 0.25) is 0 Å². The first-order valence-corrected chi connectivity index (χ1v) is 6.79. The van der Waals surface area contributed by atoms with Gasteiger partial charge in [-0.05, 0) is 23.0 Å². The Bertz CT molecular complexity index is 576. The van der Waals surface area contributed by atoms with Gasteiger partial charge in [0.15, 0.2) is 5.83 Å². The highest BCUT2D eigenvalue weighted by Crippen LogP contribution is 2.60. The van der Waals surface area contributed by atoms with E-state index in [4.69, 9.17) is 4.74 Å². The molecule has 1 aromatic carbocycles. The fourth-order valence-corrected chi connectivity index (χ4v) is 2.51. The van der Waals surface area contributed by atoms with E-state index in [1.54, 1.807) is 38.1 Å². The summed E-state index contributed by atoms with van der Waals surface area (Å²) in [5.41, 5.74) is 0.0407. The fourth-order valence-electron chi connectivity index (χ4n) is 2.51. The third kappa shape index (κ3) is 3.48. The highest BCUT2D eigenvalue weighted by Gasteiger charge is 2.62. The Kier molecular flexibility index (Phi) is 4.31. The summed E-state index contributed by atoms with van der Waals surface area (Å²) in [5.74, 6) is -4.34. The molecule has 1 aliphatic carbocycles. The van der Waals surface area contributed by atoms with E-state index in [0.29, 0.717) is 6.08 Å². The normalized spacial score (nSPS) is 24.0. The summed E-state index contributed by atoms with van der Waals surface area (Å²) in [6.07, 6.45) is -4.54. The molecule has 0 radical (unpaired) electrons. The molecule has 6 heteroatoms. The molecule has 2 nitrogen and oxygen atoms in total. The molecule has 1 aliphatic rings. The second-order valence-corrected chi connectivity index (χ2v) is 5.93. The number of alkyl halides is 3. The average molecular weight is 316 g/mol. The zero-order valence-electron chi connectivity index (χ0n) is 12.2. The zero-order valence-corrected chi connectivity index (χ0v) is 12.2. The molecule has 1 fully saturated rings. The van der Waals surface area contributed by atoms with E-state index in [-0.39, 0.29) is 6.61 Å². The molecule has 0 N–H and O–H groups in total. The van der Waals surface area contributed by atoms with Gasteiger partial charge < -0.3 is 4.74 Å². The number of rotatable bonds is 4. The van der Waals surface area contributed by atoms with Crippen LogP contribution in [0.5, 0.6) is 0 Å². The highest BCUT2D eigenvalue weighted by molar-refractivity contribution is 5.78. The Labute approximate surface area is 125 Å². The third-order valence-corrected chi connectivity index (χ3v) is 3.99. The first-order valence-electron chi connectivity index (χ1n) is 6.79. The number of hydrogen-bond donors (Lipinski definition) is 0. The Morgan fingerprint density at radius 2 is 1.86 bits per heavy atom. The lowest BCUT2D eigenvalue weighted by Crippen LogP contribution is -2.11. The molecular formula is C16H16F4O2. The van der Waals surface area contributed by atoms with Gasteiger partial charge in [-0.15, -0.1) is 0 Å². The summed E-state index contributed by atoms with van der Waals surface area (Å²) < 4.78 is 54.8. The molecule has 2 atom stereocenters. The van der Waals surface area contributed by atoms with Crippen LogP contribution in [0.4, 0.5) is 17.6 Å². The topological polar surface area (TPSA) is 26.3 Å². The molecule has 0 spiro atoms. The molecule has 22 heavy (non-hydrogen) atoms. The minimum Gasteiger partial charge on any atom is -0.461 e. The largest absolute Gasteiger partial charge is 0.461 e. The minimum atomic E-state index is -5.02. The molecule has 0 aliphatic heterocycles. The Morgan fingerprint density at radius 1 is 1.27 bits per heavy atom. The summed E-state index contributed by atoms with van der Waals surface area (Å²) in [5, 5.41) is 0. The van der Waals surface area contributed by atoms with Crippen molar-refractivity contribution in [3.05, 3.63) is 47.8 Å². The summed E-state index contributed by atoms with van der Waals surface area (Å²) in [6, 6.07) is 8.93. The highest BCUT2D eigenvalue weighted by atomic mass is 19.4. The van der Waals surface area contributed by atoms with E-state index in [0.717, 1.165) is 5.56 Å². The van der Waals surface area contributed by atoms with Crippen molar-refractivity contribution in [2.24, 2.45) is 17.3 Å². The number of hydrogen-bond acceptors (Lipinski definition) is 2. The number of benzene rings is 1. The summed E-state index contributed by atoms with van der Waals surface area (Å²) in [6.45, 7) is 3.28. The van der Waals surface area contributed by atoms with Crippen LogP contribution in [0, 0.1) is 17.3 Å². The van der Waals surface area contributed by atoms with Crippen LogP contribution < -0.4 is 0 Å². The maximum absolute atomic E-state index is 13.0.